The van der Waals surface area contributed by atoms with Crippen LogP contribution >= 0.6 is 0 Å². The molecule has 4 heteroatoms. The second-order valence-electron chi connectivity index (χ2n) is 9.16. The van der Waals surface area contributed by atoms with Crippen molar-refractivity contribution >= 4 is 6.29 Å². The van der Waals surface area contributed by atoms with E-state index in [1.165, 1.54) is 55.2 Å². The normalized spacial score (nSPS) is 19.3. The zero-order valence-electron chi connectivity index (χ0n) is 22.1. The quantitative estimate of drug-likeness (QED) is 0.281. The largest absolute Gasteiger partial charge is 0.387 e. The van der Waals surface area contributed by atoms with Crippen LogP contribution in [0.25, 0.3) is 0 Å². The third-order valence-corrected chi connectivity index (χ3v) is 6.51. The Labute approximate surface area is 213 Å². The molecule has 35 heavy (non-hydrogen) atoms. The molecule has 2 fully saturated rings. The van der Waals surface area contributed by atoms with Gasteiger partial charge in [0.05, 0.1) is 0 Å². The molecule has 2 aliphatic rings. The van der Waals surface area contributed by atoms with E-state index in [2.05, 4.69) is 59.8 Å². The molecule has 2 aliphatic carbocycles. The second kappa shape index (κ2) is 15.9. The van der Waals surface area contributed by atoms with Gasteiger partial charge in [0, 0.05) is 49.1 Å². The number of aryl methyl sites for hydroxylation is 1. The highest BCUT2D eigenvalue weighted by atomic mass is 16.1. The van der Waals surface area contributed by atoms with Gasteiger partial charge in [-0.3, -0.25) is 4.79 Å². The minimum Gasteiger partial charge on any atom is -0.387 e. The Balaban J connectivity index is 0.000000235. The molecule has 2 aromatic rings. The number of hydrogen-bond donors (Lipinski definition) is 3. The predicted molar refractivity (Wildman–Crippen MR) is 150 cm³/mol. The first-order valence-corrected chi connectivity index (χ1v) is 13.2. The highest BCUT2D eigenvalue weighted by Gasteiger charge is 2.39. The highest BCUT2D eigenvalue weighted by molar-refractivity contribution is 5.75. The van der Waals surface area contributed by atoms with Gasteiger partial charge in [0.2, 0.25) is 0 Å². The maximum Gasteiger partial charge on any atom is 0.150 e. The summed E-state index contributed by atoms with van der Waals surface area (Å²) < 4.78 is 0. The smallest absolute Gasteiger partial charge is 0.150 e. The van der Waals surface area contributed by atoms with Crippen molar-refractivity contribution in [2.45, 2.75) is 83.8 Å². The van der Waals surface area contributed by atoms with Crippen molar-refractivity contribution in [2.24, 2.45) is 0 Å². The first-order valence-electron chi connectivity index (χ1n) is 13.2. The van der Waals surface area contributed by atoms with Gasteiger partial charge in [-0.1, -0.05) is 87.7 Å². The maximum absolute atomic E-state index is 10.8. The number of rotatable bonds is 9. The van der Waals surface area contributed by atoms with Crippen LogP contribution in [0.15, 0.2) is 73.1 Å². The molecule has 190 valence electrons. The van der Waals surface area contributed by atoms with Gasteiger partial charge in [-0.15, -0.1) is 0 Å². The van der Waals surface area contributed by atoms with Crippen LogP contribution in [0.2, 0.25) is 0 Å². The van der Waals surface area contributed by atoms with E-state index >= 15 is 0 Å². The Morgan fingerprint density at radius 3 is 2.40 bits per heavy atom. The molecular formula is C31H45N3O. The Kier molecular flexibility index (Phi) is 12.9. The van der Waals surface area contributed by atoms with Crippen molar-refractivity contribution in [1.29, 1.82) is 0 Å². The van der Waals surface area contributed by atoms with E-state index in [0.29, 0.717) is 12.0 Å². The van der Waals surface area contributed by atoms with E-state index in [9.17, 15) is 4.79 Å². The Bertz CT molecular complexity index is 913. The fourth-order valence-electron chi connectivity index (χ4n) is 4.40. The molecule has 0 bridgehead atoms. The zero-order chi connectivity index (χ0) is 25.5. The molecule has 0 spiro atoms. The minimum absolute atomic E-state index is 0.631. The fourth-order valence-corrected chi connectivity index (χ4v) is 4.40. The van der Waals surface area contributed by atoms with Gasteiger partial charge in [-0.25, -0.2) is 0 Å². The van der Waals surface area contributed by atoms with Crippen LogP contribution < -0.4 is 16.0 Å². The van der Waals surface area contributed by atoms with Gasteiger partial charge in [0.15, 0.2) is 0 Å². The number of allylic oxidation sites excluding steroid dienone is 1. The summed E-state index contributed by atoms with van der Waals surface area (Å²) in [4.78, 5) is 10.8. The topological polar surface area (TPSA) is 53.2 Å². The Hall–Kier alpha value is -2.85. The molecule has 2 atom stereocenters. The monoisotopic (exact) mass is 475 g/mol. The van der Waals surface area contributed by atoms with E-state index in [1.54, 1.807) is 6.08 Å². The second-order valence-corrected chi connectivity index (χ2v) is 9.16. The third kappa shape index (κ3) is 10.1. The fraction of sp³-hybridized carbons (Fsp3) is 0.452. The molecular weight excluding hydrogens is 430 g/mol. The maximum atomic E-state index is 10.8. The average molecular weight is 476 g/mol. The molecule has 0 aromatic heterocycles. The standard InChI is InChI=1S/C16H21NO.C13H18N2.C2H6/c18-11-12-5-4-6-13(9-12)15-10-16(15)17-14-7-2-1-3-8-14;1-4-13(14-3)10-15-9-12-7-5-11(2)6-8-12;1-2/h4-6,9,11,14-17H,1-3,7-8,10H2;4-8,10,14-15H,1,9H2,2-3H3;1-2H3/b;13-10+;. The molecule has 3 N–H and O–H groups in total. The van der Waals surface area contributed by atoms with Gasteiger partial charge in [0.1, 0.15) is 6.29 Å². The molecule has 0 radical (unpaired) electrons. The molecule has 2 unspecified atom stereocenters. The Morgan fingerprint density at radius 2 is 1.77 bits per heavy atom. The van der Waals surface area contributed by atoms with E-state index in [-0.39, 0.29) is 0 Å². The van der Waals surface area contributed by atoms with Gasteiger partial charge in [-0.05, 0) is 49.5 Å². The van der Waals surface area contributed by atoms with Gasteiger partial charge < -0.3 is 16.0 Å². The zero-order valence-corrected chi connectivity index (χ0v) is 22.1. The average Bonchev–Trinajstić information content (AvgIpc) is 3.69. The van der Waals surface area contributed by atoms with E-state index in [4.69, 9.17) is 0 Å². The third-order valence-electron chi connectivity index (χ3n) is 6.51. The minimum atomic E-state index is 0.631. The van der Waals surface area contributed by atoms with Crippen molar-refractivity contribution in [1.82, 2.24) is 16.0 Å². The molecule has 0 saturated heterocycles. The lowest BCUT2D eigenvalue weighted by atomic mass is 9.95. The molecule has 4 rings (SSSR count). The van der Waals surface area contributed by atoms with Crippen LogP contribution in [0.1, 0.15) is 85.3 Å². The summed E-state index contributed by atoms with van der Waals surface area (Å²) in [5.74, 6) is 0.631. The number of hydrogen-bond acceptors (Lipinski definition) is 4. The van der Waals surface area contributed by atoms with Crippen LogP contribution in [0.3, 0.4) is 0 Å². The number of carbonyl (C=O) groups excluding carboxylic acids is 1. The lowest BCUT2D eigenvalue weighted by Crippen LogP contribution is -2.33. The first kappa shape index (κ1) is 28.4. The van der Waals surface area contributed by atoms with E-state index < -0.39 is 0 Å². The van der Waals surface area contributed by atoms with Crippen molar-refractivity contribution in [3.8, 4) is 0 Å². The SMILES string of the molecule is C=C/C(=C\NCc1ccc(C)cc1)NC.CC.O=Cc1cccc(C2CC2NC2CCCCC2)c1. The molecule has 2 saturated carbocycles. The number of likely N-dealkylation sites (N-methyl/N-ethyl adjacent to an activating group) is 1. The molecule has 2 aromatic carbocycles. The first-order chi connectivity index (χ1) is 17.1. The highest BCUT2D eigenvalue weighted by Crippen LogP contribution is 2.41. The van der Waals surface area contributed by atoms with Crippen LogP contribution in [-0.4, -0.2) is 25.4 Å². The van der Waals surface area contributed by atoms with Gasteiger partial charge >= 0.3 is 0 Å². The number of carbonyl (C=O) groups is 1. The van der Waals surface area contributed by atoms with E-state index in [1.807, 2.05) is 45.3 Å². The lowest BCUT2D eigenvalue weighted by molar-refractivity contribution is 0.112. The van der Waals surface area contributed by atoms with Crippen LogP contribution in [0, 0.1) is 6.92 Å². The van der Waals surface area contributed by atoms with Crippen LogP contribution in [-0.2, 0) is 6.54 Å². The summed E-state index contributed by atoms with van der Waals surface area (Å²) in [6, 6.07) is 17.9. The van der Waals surface area contributed by atoms with Crippen molar-refractivity contribution < 1.29 is 4.79 Å². The van der Waals surface area contributed by atoms with Crippen molar-refractivity contribution in [3.63, 3.8) is 0 Å². The summed E-state index contributed by atoms with van der Waals surface area (Å²) in [5, 5.41) is 10.0. The lowest BCUT2D eigenvalue weighted by Gasteiger charge is -2.23. The number of benzene rings is 2. The Morgan fingerprint density at radius 1 is 1.06 bits per heavy atom. The molecule has 4 nitrogen and oxygen atoms in total. The molecule has 0 amide bonds. The summed E-state index contributed by atoms with van der Waals surface area (Å²) in [6.45, 7) is 10.6. The number of nitrogens with one attached hydrogen (secondary N) is 3. The number of aldehydes is 1. The van der Waals surface area contributed by atoms with Crippen LogP contribution in [0.5, 0.6) is 0 Å². The van der Waals surface area contributed by atoms with Crippen molar-refractivity contribution in [2.75, 3.05) is 7.05 Å². The van der Waals surface area contributed by atoms with E-state index in [0.717, 1.165) is 30.1 Å². The van der Waals surface area contributed by atoms with Crippen molar-refractivity contribution in [3.05, 3.63) is 95.3 Å². The summed E-state index contributed by atoms with van der Waals surface area (Å²) >= 11 is 0. The molecule has 0 aliphatic heterocycles. The predicted octanol–water partition coefficient (Wildman–Crippen LogP) is 6.63. The summed E-state index contributed by atoms with van der Waals surface area (Å²) in [6.07, 6.45) is 12.7. The van der Waals surface area contributed by atoms with Gasteiger partial charge in [0.25, 0.3) is 0 Å². The summed E-state index contributed by atoms with van der Waals surface area (Å²) in [5.41, 5.74) is 5.68. The van der Waals surface area contributed by atoms with Gasteiger partial charge in [-0.2, -0.15) is 0 Å². The molecule has 0 heterocycles. The van der Waals surface area contributed by atoms with Crippen LogP contribution in [0.4, 0.5) is 0 Å². The summed E-state index contributed by atoms with van der Waals surface area (Å²) in [7, 11) is 1.88.